The molecule has 4 heteroatoms. The third kappa shape index (κ3) is 3.53. The molecular formula is C8H6Cl3O. The Bertz CT molecular complexity index is 250. The molecule has 0 unspecified atom stereocenters. The lowest BCUT2D eigenvalue weighted by atomic mass is 10.2. The molecule has 1 radical (unpaired) electrons. The monoisotopic (exact) mass is 223 g/mol. The van der Waals surface area contributed by atoms with Gasteiger partial charge < -0.3 is 4.74 Å². The number of rotatable bonds is 1. The second-order valence-corrected chi connectivity index (χ2v) is 4.37. The van der Waals surface area contributed by atoms with Gasteiger partial charge in [0.25, 0.3) is 0 Å². The van der Waals surface area contributed by atoms with E-state index in [1.165, 1.54) is 0 Å². The molecule has 1 nitrogen and oxygen atoms in total. The summed E-state index contributed by atoms with van der Waals surface area (Å²) in [6, 6.07) is 6.91. The van der Waals surface area contributed by atoms with Crippen molar-refractivity contribution in [1.82, 2.24) is 0 Å². The highest BCUT2D eigenvalue weighted by Crippen LogP contribution is 2.29. The predicted molar refractivity (Wildman–Crippen MR) is 51.8 cm³/mol. The average Bonchev–Trinajstić information content (AvgIpc) is 1.91. The maximum Gasteiger partial charge on any atom is 0.338 e. The number of hydrogen-bond donors (Lipinski definition) is 0. The molecule has 1 aromatic rings. The summed E-state index contributed by atoms with van der Waals surface area (Å²) in [5.74, 6) is 0.502. The Hall–Kier alpha value is -0.110. The van der Waals surface area contributed by atoms with Gasteiger partial charge in [0.2, 0.25) is 0 Å². The molecular weight excluding hydrogens is 218 g/mol. The molecule has 65 valence electrons. The first kappa shape index (κ1) is 9.97. The van der Waals surface area contributed by atoms with Crippen molar-refractivity contribution in [3.8, 4) is 5.75 Å². The largest absolute Gasteiger partial charge is 0.446 e. The summed E-state index contributed by atoms with van der Waals surface area (Å²) >= 11 is 16.2. The highest BCUT2D eigenvalue weighted by molar-refractivity contribution is 6.66. The fraction of sp³-hybridized carbons (Fsp3) is 0.125. The van der Waals surface area contributed by atoms with Crippen LogP contribution in [0, 0.1) is 6.92 Å². The number of benzene rings is 1. The van der Waals surface area contributed by atoms with Crippen molar-refractivity contribution in [3.05, 3.63) is 36.8 Å². The van der Waals surface area contributed by atoms with Crippen LogP contribution in [0.25, 0.3) is 0 Å². The van der Waals surface area contributed by atoms with E-state index in [0.717, 1.165) is 5.56 Å². The van der Waals surface area contributed by atoms with E-state index in [1.807, 2.05) is 0 Å². The minimum Gasteiger partial charge on any atom is -0.446 e. The van der Waals surface area contributed by atoms with Gasteiger partial charge in [-0.2, -0.15) is 0 Å². The fourth-order valence-electron chi connectivity index (χ4n) is 0.691. The van der Waals surface area contributed by atoms with Crippen LogP contribution in [-0.2, 0) is 0 Å². The molecule has 0 atom stereocenters. The first-order valence-corrected chi connectivity index (χ1v) is 4.28. The van der Waals surface area contributed by atoms with Crippen LogP contribution >= 0.6 is 34.8 Å². The highest BCUT2D eigenvalue weighted by atomic mass is 35.6. The number of ether oxygens (including phenoxy) is 1. The van der Waals surface area contributed by atoms with E-state index < -0.39 is 3.98 Å². The minimum atomic E-state index is -1.71. The van der Waals surface area contributed by atoms with Gasteiger partial charge in [-0.15, -0.1) is 0 Å². The van der Waals surface area contributed by atoms with Gasteiger partial charge in [-0.25, -0.2) is 0 Å². The first-order valence-electron chi connectivity index (χ1n) is 3.15. The quantitative estimate of drug-likeness (QED) is 0.663. The maximum absolute atomic E-state index is 5.40. The lowest BCUT2D eigenvalue weighted by Gasteiger charge is -2.13. The van der Waals surface area contributed by atoms with Crippen molar-refractivity contribution in [3.63, 3.8) is 0 Å². The second kappa shape index (κ2) is 3.73. The van der Waals surface area contributed by atoms with Crippen LogP contribution < -0.4 is 4.74 Å². The van der Waals surface area contributed by atoms with Crippen molar-refractivity contribution < 1.29 is 4.74 Å². The molecule has 1 aromatic carbocycles. The van der Waals surface area contributed by atoms with Crippen LogP contribution in [0.1, 0.15) is 5.56 Å². The molecule has 0 amide bonds. The zero-order valence-electron chi connectivity index (χ0n) is 6.06. The maximum atomic E-state index is 5.40. The Balaban J connectivity index is 2.71. The summed E-state index contributed by atoms with van der Waals surface area (Å²) in [6.07, 6.45) is 0. The topological polar surface area (TPSA) is 9.23 Å². The normalized spacial score (nSPS) is 11.3. The van der Waals surface area contributed by atoms with Crippen LogP contribution in [0.5, 0.6) is 5.75 Å². The highest BCUT2D eigenvalue weighted by Gasteiger charge is 2.21. The fourth-order valence-corrected chi connectivity index (χ4v) is 0.958. The number of alkyl halides is 3. The van der Waals surface area contributed by atoms with Crippen molar-refractivity contribution >= 4 is 34.8 Å². The molecule has 0 N–H and O–H groups in total. The minimum absolute atomic E-state index is 0.502. The van der Waals surface area contributed by atoms with Crippen molar-refractivity contribution in [2.45, 2.75) is 3.98 Å². The lowest BCUT2D eigenvalue weighted by Crippen LogP contribution is -2.12. The van der Waals surface area contributed by atoms with Gasteiger partial charge in [-0.3, -0.25) is 0 Å². The van der Waals surface area contributed by atoms with Gasteiger partial charge in [0.05, 0.1) is 0 Å². The standard InChI is InChI=1S/C8H6Cl3O/c1-6-2-4-7(5-3-6)12-8(9,10)11/h2-5H,1H2. The Kier molecular flexibility index (Phi) is 3.10. The molecule has 0 saturated heterocycles. The van der Waals surface area contributed by atoms with Crippen LogP contribution in [-0.4, -0.2) is 3.98 Å². The molecule has 0 saturated carbocycles. The van der Waals surface area contributed by atoms with Crippen molar-refractivity contribution in [2.24, 2.45) is 0 Å². The van der Waals surface area contributed by atoms with Gasteiger partial charge in [-0.05, 0) is 59.4 Å². The molecule has 0 heterocycles. The molecule has 0 bridgehead atoms. The molecule has 0 aliphatic carbocycles. The van der Waals surface area contributed by atoms with E-state index >= 15 is 0 Å². The molecule has 0 aromatic heterocycles. The lowest BCUT2D eigenvalue weighted by molar-refractivity contribution is 0.320. The summed E-state index contributed by atoms with van der Waals surface area (Å²) in [4.78, 5) is 0. The third-order valence-corrected chi connectivity index (χ3v) is 1.39. The van der Waals surface area contributed by atoms with Gasteiger partial charge >= 0.3 is 3.98 Å². The van der Waals surface area contributed by atoms with Crippen molar-refractivity contribution in [1.29, 1.82) is 0 Å². The Morgan fingerprint density at radius 1 is 1.08 bits per heavy atom. The van der Waals surface area contributed by atoms with Gasteiger partial charge in [0.15, 0.2) is 0 Å². The molecule has 1 rings (SSSR count). The number of hydrogen-bond acceptors (Lipinski definition) is 1. The van der Waals surface area contributed by atoms with Crippen LogP contribution in [0.15, 0.2) is 24.3 Å². The van der Waals surface area contributed by atoms with E-state index in [4.69, 9.17) is 39.5 Å². The van der Waals surface area contributed by atoms with Gasteiger partial charge in [0.1, 0.15) is 5.75 Å². The van der Waals surface area contributed by atoms with E-state index in [2.05, 4.69) is 6.92 Å². The summed E-state index contributed by atoms with van der Waals surface area (Å²) in [6.45, 7) is 3.70. The van der Waals surface area contributed by atoms with Crippen LogP contribution in [0.3, 0.4) is 0 Å². The summed E-state index contributed by atoms with van der Waals surface area (Å²) in [5.41, 5.74) is 0.881. The molecule has 0 aliphatic heterocycles. The average molecular weight is 224 g/mol. The van der Waals surface area contributed by atoms with E-state index in [-0.39, 0.29) is 0 Å². The molecule has 12 heavy (non-hydrogen) atoms. The predicted octanol–water partition coefficient (Wildman–Crippen LogP) is 3.58. The van der Waals surface area contributed by atoms with E-state index in [0.29, 0.717) is 5.75 Å². The SMILES string of the molecule is [CH2]c1ccc(OC(Cl)(Cl)Cl)cc1. The molecule has 0 fully saturated rings. The second-order valence-electron chi connectivity index (χ2n) is 2.19. The van der Waals surface area contributed by atoms with Crippen molar-refractivity contribution in [2.75, 3.05) is 0 Å². The van der Waals surface area contributed by atoms with Crippen LogP contribution in [0.2, 0.25) is 0 Å². The van der Waals surface area contributed by atoms with Gasteiger partial charge in [0, 0.05) is 0 Å². The summed E-state index contributed by atoms with van der Waals surface area (Å²) in [5, 5.41) is 0. The Labute approximate surface area is 86.2 Å². The zero-order valence-corrected chi connectivity index (χ0v) is 8.33. The first-order chi connectivity index (χ1) is 5.47. The summed E-state index contributed by atoms with van der Waals surface area (Å²) in [7, 11) is 0. The smallest absolute Gasteiger partial charge is 0.338 e. The molecule has 0 aliphatic rings. The Morgan fingerprint density at radius 2 is 1.58 bits per heavy atom. The van der Waals surface area contributed by atoms with Crippen LogP contribution in [0.4, 0.5) is 0 Å². The summed E-state index contributed by atoms with van der Waals surface area (Å²) < 4.78 is 3.22. The third-order valence-electron chi connectivity index (χ3n) is 1.16. The van der Waals surface area contributed by atoms with E-state index in [1.54, 1.807) is 24.3 Å². The number of halogens is 3. The van der Waals surface area contributed by atoms with Gasteiger partial charge in [-0.1, -0.05) is 12.1 Å². The molecule has 0 spiro atoms. The van der Waals surface area contributed by atoms with E-state index in [9.17, 15) is 0 Å². The zero-order chi connectivity index (χ0) is 9.19. The Morgan fingerprint density at radius 3 is 2.00 bits per heavy atom.